The molecule has 0 bridgehead atoms. The number of para-hydroxylation sites is 1. The highest BCUT2D eigenvalue weighted by molar-refractivity contribution is 7.99. The minimum atomic E-state index is -0.0142. The zero-order valence-electron chi connectivity index (χ0n) is 17.0. The maximum atomic E-state index is 12.6. The highest BCUT2D eigenvalue weighted by Crippen LogP contribution is 2.34. The van der Waals surface area contributed by atoms with Crippen molar-refractivity contribution in [1.82, 2.24) is 10.2 Å². The lowest BCUT2D eigenvalue weighted by Gasteiger charge is -2.30. The van der Waals surface area contributed by atoms with Gasteiger partial charge in [0.05, 0.1) is 5.69 Å². The predicted octanol–water partition coefficient (Wildman–Crippen LogP) is 3.53. The van der Waals surface area contributed by atoms with Gasteiger partial charge in [-0.15, -0.1) is 11.8 Å². The molecule has 6 heteroatoms. The molecule has 3 rings (SSSR count). The van der Waals surface area contributed by atoms with Crippen LogP contribution in [0, 0.1) is 5.92 Å². The van der Waals surface area contributed by atoms with Gasteiger partial charge < -0.3 is 15.1 Å². The summed E-state index contributed by atoms with van der Waals surface area (Å²) in [6, 6.07) is 8.00. The standard InChI is InChI=1S/C22H33N3O2S/c1-18-7-6-14-24(17-18)13-5-4-12-23-21(26)10-11-22(27)25-15-16-28-20-9-3-2-8-19(20)25/h2-3,8-9,18H,4-7,10-17H2,1H3,(H,23,26). The molecule has 154 valence electrons. The fourth-order valence-corrected chi connectivity index (χ4v) is 5.05. The number of nitrogens with one attached hydrogen (secondary N) is 1. The van der Waals surface area contributed by atoms with Crippen LogP contribution in [0.3, 0.4) is 0 Å². The van der Waals surface area contributed by atoms with Crippen molar-refractivity contribution in [3.63, 3.8) is 0 Å². The first kappa shape index (κ1) is 21.2. The van der Waals surface area contributed by atoms with E-state index in [1.165, 1.54) is 25.9 Å². The molecule has 1 saturated heterocycles. The summed E-state index contributed by atoms with van der Waals surface area (Å²) in [6.07, 6.45) is 5.33. The highest BCUT2D eigenvalue weighted by atomic mass is 32.2. The van der Waals surface area contributed by atoms with Crippen LogP contribution in [0.2, 0.25) is 0 Å². The number of carbonyl (C=O) groups is 2. The number of anilines is 1. The molecule has 0 radical (unpaired) electrons. The van der Waals surface area contributed by atoms with E-state index in [2.05, 4.69) is 23.2 Å². The molecular weight excluding hydrogens is 370 g/mol. The summed E-state index contributed by atoms with van der Waals surface area (Å²) in [4.78, 5) is 30.2. The van der Waals surface area contributed by atoms with Gasteiger partial charge in [0, 0.05) is 43.1 Å². The molecule has 1 N–H and O–H groups in total. The Morgan fingerprint density at radius 1 is 1.18 bits per heavy atom. The Morgan fingerprint density at radius 3 is 2.89 bits per heavy atom. The Bertz CT molecular complexity index is 667. The molecule has 1 aromatic carbocycles. The van der Waals surface area contributed by atoms with Crippen LogP contribution >= 0.6 is 11.8 Å². The van der Waals surface area contributed by atoms with Crippen LogP contribution in [-0.4, -0.2) is 55.2 Å². The molecule has 0 saturated carbocycles. The third kappa shape index (κ3) is 6.24. The van der Waals surface area contributed by atoms with Crippen LogP contribution in [0.1, 0.15) is 45.4 Å². The molecular formula is C22H33N3O2S. The number of rotatable bonds is 8. The number of thioether (sulfide) groups is 1. The second-order valence-corrected chi connectivity index (χ2v) is 9.10. The van der Waals surface area contributed by atoms with E-state index in [0.717, 1.165) is 48.2 Å². The fourth-order valence-electron chi connectivity index (χ4n) is 4.05. The first-order valence-corrected chi connectivity index (χ1v) is 11.6. The molecule has 0 aromatic heterocycles. The third-order valence-corrected chi connectivity index (χ3v) is 6.60. The summed E-state index contributed by atoms with van der Waals surface area (Å²) in [5.74, 6) is 1.75. The average molecular weight is 404 g/mol. The summed E-state index contributed by atoms with van der Waals surface area (Å²) in [6.45, 7) is 7.32. The van der Waals surface area contributed by atoms with Gasteiger partial charge in [-0.3, -0.25) is 9.59 Å². The first-order chi connectivity index (χ1) is 13.6. The quantitative estimate of drug-likeness (QED) is 0.675. The zero-order chi connectivity index (χ0) is 19.8. The van der Waals surface area contributed by atoms with E-state index >= 15 is 0 Å². The molecule has 2 aliphatic heterocycles. The smallest absolute Gasteiger partial charge is 0.227 e. The number of nitrogens with zero attached hydrogens (tertiary/aromatic N) is 2. The molecule has 1 aromatic rings. The zero-order valence-corrected chi connectivity index (χ0v) is 17.8. The van der Waals surface area contributed by atoms with Crippen LogP contribution in [0.4, 0.5) is 5.69 Å². The Hall–Kier alpha value is -1.53. The van der Waals surface area contributed by atoms with E-state index in [9.17, 15) is 9.59 Å². The van der Waals surface area contributed by atoms with Gasteiger partial charge >= 0.3 is 0 Å². The summed E-state index contributed by atoms with van der Waals surface area (Å²) in [5, 5.41) is 2.97. The molecule has 0 aliphatic carbocycles. The minimum absolute atomic E-state index is 0.0142. The third-order valence-electron chi connectivity index (χ3n) is 5.56. The van der Waals surface area contributed by atoms with Crippen LogP contribution in [0.25, 0.3) is 0 Å². The predicted molar refractivity (Wildman–Crippen MR) is 116 cm³/mol. The largest absolute Gasteiger partial charge is 0.356 e. The second kappa shape index (κ2) is 10.9. The van der Waals surface area contributed by atoms with Crippen LogP contribution in [0.5, 0.6) is 0 Å². The lowest BCUT2D eigenvalue weighted by molar-refractivity contribution is -0.125. The van der Waals surface area contributed by atoms with Crippen molar-refractivity contribution in [1.29, 1.82) is 0 Å². The van der Waals surface area contributed by atoms with Crippen molar-refractivity contribution in [2.24, 2.45) is 5.92 Å². The van der Waals surface area contributed by atoms with Crippen molar-refractivity contribution in [3.8, 4) is 0 Å². The monoisotopic (exact) mass is 403 g/mol. The highest BCUT2D eigenvalue weighted by Gasteiger charge is 2.22. The van der Waals surface area contributed by atoms with E-state index in [1.54, 1.807) is 11.8 Å². The van der Waals surface area contributed by atoms with Gasteiger partial charge in [-0.1, -0.05) is 19.1 Å². The topological polar surface area (TPSA) is 52.7 Å². The summed E-state index contributed by atoms with van der Waals surface area (Å²) < 4.78 is 0. The number of piperidine rings is 1. The number of hydrogen-bond donors (Lipinski definition) is 1. The first-order valence-electron chi connectivity index (χ1n) is 10.6. The Labute approximate surface area is 173 Å². The Kier molecular flexibility index (Phi) is 8.22. The van der Waals surface area contributed by atoms with Gasteiger partial charge in [-0.25, -0.2) is 0 Å². The normalized spacial score (nSPS) is 19.9. The molecule has 5 nitrogen and oxygen atoms in total. The van der Waals surface area contributed by atoms with E-state index in [-0.39, 0.29) is 24.7 Å². The van der Waals surface area contributed by atoms with Gasteiger partial charge in [-0.2, -0.15) is 0 Å². The van der Waals surface area contributed by atoms with Gasteiger partial charge in [0.15, 0.2) is 0 Å². The number of unbranched alkanes of at least 4 members (excludes halogenated alkanes) is 1. The van der Waals surface area contributed by atoms with E-state index < -0.39 is 0 Å². The molecule has 0 spiro atoms. The van der Waals surface area contributed by atoms with Crippen molar-refractivity contribution >= 4 is 29.3 Å². The maximum Gasteiger partial charge on any atom is 0.227 e. The van der Waals surface area contributed by atoms with Crippen molar-refractivity contribution < 1.29 is 9.59 Å². The SMILES string of the molecule is CC1CCCN(CCCCNC(=O)CCC(=O)N2CCSc3ccccc32)C1. The van der Waals surface area contributed by atoms with E-state index in [0.29, 0.717) is 6.54 Å². The van der Waals surface area contributed by atoms with Gasteiger partial charge in [0.2, 0.25) is 11.8 Å². The lowest BCUT2D eigenvalue weighted by atomic mass is 10.0. The molecule has 2 heterocycles. The van der Waals surface area contributed by atoms with Crippen molar-refractivity contribution in [2.45, 2.75) is 50.3 Å². The molecule has 2 amide bonds. The summed E-state index contributed by atoms with van der Waals surface area (Å²) >= 11 is 1.78. The van der Waals surface area contributed by atoms with Gasteiger partial charge in [0.25, 0.3) is 0 Å². The lowest BCUT2D eigenvalue weighted by Crippen LogP contribution is -2.36. The Morgan fingerprint density at radius 2 is 2.04 bits per heavy atom. The fraction of sp³-hybridized carbons (Fsp3) is 0.636. The second-order valence-electron chi connectivity index (χ2n) is 7.97. The van der Waals surface area contributed by atoms with Crippen molar-refractivity contribution in [3.05, 3.63) is 24.3 Å². The maximum absolute atomic E-state index is 12.6. The van der Waals surface area contributed by atoms with Gasteiger partial charge in [0.1, 0.15) is 0 Å². The minimum Gasteiger partial charge on any atom is -0.356 e. The van der Waals surface area contributed by atoms with E-state index in [4.69, 9.17) is 0 Å². The van der Waals surface area contributed by atoms with Crippen LogP contribution in [0.15, 0.2) is 29.2 Å². The van der Waals surface area contributed by atoms with Crippen molar-refractivity contribution in [2.75, 3.05) is 43.4 Å². The number of fused-ring (bicyclic) bond motifs is 1. The number of carbonyl (C=O) groups excluding carboxylic acids is 2. The van der Waals surface area contributed by atoms with E-state index in [1.807, 2.05) is 23.1 Å². The van der Waals surface area contributed by atoms with Crippen LogP contribution in [-0.2, 0) is 9.59 Å². The molecule has 1 unspecified atom stereocenters. The number of likely N-dealkylation sites (tertiary alicyclic amines) is 1. The molecule has 28 heavy (non-hydrogen) atoms. The number of benzene rings is 1. The Balaban J connectivity index is 1.30. The van der Waals surface area contributed by atoms with Crippen LogP contribution < -0.4 is 10.2 Å². The summed E-state index contributed by atoms with van der Waals surface area (Å²) in [5.41, 5.74) is 0.983. The molecule has 1 fully saturated rings. The molecule has 2 aliphatic rings. The number of hydrogen-bond acceptors (Lipinski definition) is 4. The van der Waals surface area contributed by atoms with Gasteiger partial charge in [-0.05, 0) is 56.8 Å². The number of amides is 2. The summed E-state index contributed by atoms with van der Waals surface area (Å²) in [7, 11) is 0. The average Bonchev–Trinajstić information content (AvgIpc) is 2.71. The molecule has 1 atom stereocenters.